The maximum atomic E-state index is 5.99. The van der Waals surface area contributed by atoms with E-state index in [1.54, 1.807) is 6.20 Å². The van der Waals surface area contributed by atoms with Crippen LogP contribution in [0.4, 0.5) is 0 Å². The van der Waals surface area contributed by atoms with Gasteiger partial charge in [-0.3, -0.25) is 9.67 Å². The fourth-order valence-electron chi connectivity index (χ4n) is 2.73. The summed E-state index contributed by atoms with van der Waals surface area (Å²) in [6.45, 7) is 2.03. The van der Waals surface area contributed by atoms with E-state index in [9.17, 15) is 0 Å². The summed E-state index contributed by atoms with van der Waals surface area (Å²) < 4.78 is 9.41. The molecule has 2 aromatic carbocycles. The predicted molar refractivity (Wildman–Crippen MR) is 111 cm³/mol. The van der Waals surface area contributed by atoms with Crippen LogP contribution in [0.1, 0.15) is 5.56 Å². The van der Waals surface area contributed by atoms with Crippen molar-refractivity contribution in [3.8, 4) is 28.7 Å². The van der Waals surface area contributed by atoms with Gasteiger partial charge in [-0.05, 0) is 67.2 Å². The first-order valence-corrected chi connectivity index (χ1v) is 9.46. The molecule has 7 heteroatoms. The summed E-state index contributed by atoms with van der Waals surface area (Å²) in [7, 11) is 0. The lowest BCUT2D eigenvalue weighted by Crippen LogP contribution is -2.00. The molecule has 0 aliphatic heterocycles. The second-order valence-electron chi connectivity index (χ2n) is 5.89. The topological polar surface area (TPSA) is 55.7 Å². The van der Waals surface area contributed by atoms with Gasteiger partial charge in [0.25, 0.3) is 0 Å². The number of nitrogens with one attached hydrogen (secondary N) is 1. The van der Waals surface area contributed by atoms with Crippen LogP contribution in [0, 0.1) is 11.7 Å². The Morgan fingerprint density at radius 3 is 2.67 bits per heavy atom. The third-order valence-corrected chi connectivity index (χ3v) is 5.21. The number of aromatic amines is 1. The molecule has 0 fully saturated rings. The molecule has 2 heterocycles. The van der Waals surface area contributed by atoms with Crippen molar-refractivity contribution >= 4 is 28.1 Å². The summed E-state index contributed by atoms with van der Waals surface area (Å²) in [5, 5.41) is 7.31. The average molecular weight is 439 g/mol. The number of aromatic nitrogens is 4. The van der Waals surface area contributed by atoms with Gasteiger partial charge in [0.15, 0.2) is 10.6 Å². The molecule has 27 heavy (non-hydrogen) atoms. The first-order valence-electron chi connectivity index (χ1n) is 8.26. The molecule has 0 saturated carbocycles. The number of rotatable bonds is 4. The normalized spacial score (nSPS) is 10.7. The van der Waals surface area contributed by atoms with Crippen molar-refractivity contribution in [3.05, 3.63) is 81.7 Å². The Hall–Kier alpha value is -2.77. The van der Waals surface area contributed by atoms with E-state index in [1.807, 2.05) is 72.2 Å². The Kier molecular flexibility index (Phi) is 4.87. The molecule has 0 bridgehead atoms. The standard InChI is InChI=1S/C20H15BrN4OS/c1-13-12-14(9-10-17(13)21)25-18(23-24-20(25)27)16-8-5-11-22-19(16)26-15-6-3-2-4-7-15/h2-12H,1H3,(H,24,27). The fraction of sp³-hybridized carbons (Fsp3) is 0.0500. The summed E-state index contributed by atoms with van der Waals surface area (Å²) in [5.41, 5.74) is 2.77. The van der Waals surface area contributed by atoms with Gasteiger partial charge >= 0.3 is 0 Å². The Morgan fingerprint density at radius 1 is 1.07 bits per heavy atom. The number of hydrogen-bond acceptors (Lipinski definition) is 4. The van der Waals surface area contributed by atoms with Crippen LogP contribution < -0.4 is 4.74 Å². The van der Waals surface area contributed by atoms with Crippen molar-refractivity contribution in [2.45, 2.75) is 6.92 Å². The van der Waals surface area contributed by atoms with Crippen LogP contribution in [-0.2, 0) is 0 Å². The number of ether oxygens (including phenoxy) is 1. The largest absolute Gasteiger partial charge is 0.438 e. The molecule has 0 saturated heterocycles. The molecule has 0 aliphatic rings. The summed E-state index contributed by atoms with van der Waals surface area (Å²) in [6.07, 6.45) is 1.69. The zero-order chi connectivity index (χ0) is 18.8. The molecule has 4 rings (SSSR count). The van der Waals surface area contributed by atoms with Crippen molar-refractivity contribution in [1.82, 2.24) is 19.7 Å². The number of para-hydroxylation sites is 1. The quantitative estimate of drug-likeness (QED) is 0.405. The van der Waals surface area contributed by atoms with Gasteiger partial charge in [-0.2, -0.15) is 5.10 Å². The minimum Gasteiger partial charge on any atom is -0.438 e. The van der Waals surface area contributed by atoms with E-state index in [4.69, 9.17) is 17.0 Å². The van der Waals surface area contributed by atoms with Gasteiger partial charge in [0.1, 0.15) is 5.75 Å². The van der Waals surface area contributed by atoms with E-state index in [0.29, 0.717) is 22.2 Å². The first-order chi connectivity index (χ1) is 13.1. The Bertz CT molecular complexity index is 1150. The van der Waals surface area contributed by atoms with Crippen LogP contribution in [0.5, 0.6) is 11.6 Å². The van der Waals surface area contributed by atoms with E-state index in [-0.39, 0.29) is 0 Å². The minimum absolute atomic E-state index is 0.466. The predicted octanol–water partition coefficient (Wildman–Crippen LogP) is 5.86. The molecule has 2 aromatic heterocycles. The first kappa shape index (κ1) is 17.6. The van der Waals surface area contributed by atoms with E-state index in [2.05, 4.69) is 31.1 Å². The molecule has 0 amide bonds. The minimum atomic E-state index is 0.466. The van der Waals surface area contributed by atoms with E-state index < -0.39 is 0 Å². The van der Waals surface area contributed by atoms with E-state index >= 15 is 0 Å². The SMILES string of the molecule is Cc1cc(-n2c(-c3cccnc3Oc3ccccc3)n[nH]c2=S)ccc1Br. The second kappa shape index (κ2) is 7.46. The molecular weight excluding hydrogens is 424 g/mol. The van der Waals surface area contributed by atoms with Crippen LogP contribution in [0.15, 0.2) is 71.3 Å². The molecule has 4 aromatic rings. The number of benzene rings is 2. The maximum Gasteiger partial charge on any atom is 0.230 e. The molecule has 0 aliphatic carbocycles. The third kappa shape index (κ3) is 3.56. The van der Waals surface area contributed by atoms with Crippen LogP contribution in [0.3, 0.4) is 0 Å². The van der Waals surface area contributed by atoms with Crippen LogP contribution >= 0.6 is 28.1 Å². The summed E-state index contributed by atoms with van der Waals surface area (Å²) in [5.74, 6) is 1.81. The maximum absolute atomic E-state index is 5.99. The third-order valence-electron chi connectivity index (χ3n) is 4.04. The molecule has 0 spiro atoms. The lowest BCUT2D eigenvalue weighted by atomic mass is 10.2. The number of pyridine rings is 1. The van der Waals surface area contributed by atoms with E-state index in [1.165, 1.54) is 0 Å². The van der Waals surface area contributed by atoms with Crippen molar-refractivity contribution in [1.29, 1.82) is 0 Å². The number of hydrogen-bond donors (Lipinski definition) is 1. The van der Waals surface area contributed by atoms with Gasteiger partial charge in [-0.1, -0.05) is 34.1 Å². The van der Waals surface area contributed by atoms with Crippen molar-refractivity contribution in [2.75, 3.05) is 0 Å². The summed E-state index contributed by atoms with van der Waals surface area (Å²) in [4.78, 5) is 4.40. The number of aryl methyl sites for hydroxylation is 1. The summed E-state index contributed by atoms with van der Waals surface area (Å²) in [6, 6.07) is 19.3. The molecule has 0 atom stereocenters. The average Bonchev–Trinajstić information content (AvgIpc) is 3.07. The summed E-state index contributed by atoms with van der Waals surface area (Å²) >= 11 is 9.01. The lowest BCUT2D eigenvalue weighted by molar-refractivity contribution is 0.464. The van der Waals surface area contributed by atoms with Crippen LogP contribution in [0.25, 0.3) is 17.1 Å². The molecule has 5 nitrogen and oxygen atoms in total. The van der Waals surface area contributed by atoms with Crippen LogP contribution in [0.2, 0.25) is 0 Å². The van der Waals surface area contributed by atoms with Gasteiger partial charge in [0, 0.05) is 10.7 Å². The van der Waals surface area contributed by atoms with Crippen molar-refractivity contribution < 1.29 is 4.74 Å². The molecule has 1 N–H and O–H groups in total. The molecule has 0 unspecified atom stereocenters. The molecular formula is C20H15BrN4OS. The van der Waals surface area contributed by atoms with Crippen molar-refractivity contribution in [3.63, 3.8) is 0 Å². The highest BCUT2D eigenvalue weighted by Crippen LogP contribution is 2.32. The molecule has 0 radical (unpaired) electrons. The number of halogens is 1. The van der Waals surface area contributed by atoms with Gasteiger partial charge in [-0.15, -0.1) is 0 Å². The van der Waals surface area contributed by atoms with Gasteiger partial charge in [0.2, 0.25) is 5.88 Å². The Balaban J connectivity index is 1.84. The Labute approximate surface area is 169 Å². The zero-order valence-electron chi connectivity index (χ0n) is 14.4. The Morgan fingerprint density at radius 2 is 1.89 bits per heavy atom. The molecule has 134 valence electrons. The highest BCUT2D eigenvalue weighted by Gasteiger charge is 2.17. The second-order valence-corrected chi connectivity index (χ2v) is 7.13. The van der Waals surface area contributed by atoms with Gasteiger partial charge < -0.3 is 4.74 Å². The fourth-order valence-corrected chi connectivity index (χ4v) is 3.21. The zero-order valence-corrected chi connectivity index (χ0v) is 16.8. The van der Waals surface area contributed by atoms with E-state index in [0.717, 1.165) is 21.3 Å². The van der Waals surface area contributed by atoms with Gasteiger partial charge in [-0.25, -0.2) is 4.98 Å². The van der Waals surface area contributed by atoms with Gasteiger partial charge in [0.05, 0.1) is 11.3 Å². The number of nitrogens with zero attached hydrogens (tertiary/aromatic N) is 3. The monoisotopic (exact) mass is 438 g/mol. The van der Waals surface area contributed by atoms with Crippen LogP contribution in [-0.4, -0.2) is 19.7 Å². The highest BCUT2D eigenvalue weighted by atomic mass is 79.9. The van der Waals surface area contributed by atoms with Crippen molar-refractivity contribution in [2.24, 2.45) is 0 Å². The lowest BCUT2D eigenvalue weighted by Gasteiger charge is -2.12. The highest BCUT2D eigenvalue weighted by molar-refractivity contribution is 9.10. The number of H-pyrrole nitrogens is 1. The smallest absolute Gasteiger partial charge is 0.230 e.